The molecule has 4 heteroatoms. The van der Waals surface area contributed by atoms with Crippen LogP contribution in [0, 0.1) is 6.92 Å². The minimum atomic E-state index is -0.274. The predicted molar refractivity (Wildman–Crippen MR) is 88.5 cm³/mol. The maximum absolute atomic E-state index is 12.4. The van der Waals surface area contributed by atoms with Crippen molar-refractivity contribution in [1.29, 1.82) is 0 Å². The summed E-state index contributed by atoms with van der Waals surface area (Å²) in [6, 6.07) is 15.0. The summed E-state index contributed by atoms with van der Waals surface area (Å²) in [5.41, 5.74) is 9.17. The van der Waals surface area contributed by atoms with Gasteiger partial charge in [-0.25, -0.2) is 0 Å². The van der Waals surface area contributed by atoms with E-state index in [4.69, 9.17) is 5.73 Å². The molecular formula is C17H21N3O. The molecule has 1 amide bonds. The lowest BCUT2D eigenvalue weighted by Crippen LogP contribution is -2.39. The second kappa shape index (κ2) is 6.31. The molecule has 0 aromatic heterocycles. The van der Waals surface area contributed by atoms with Crippen molar-refractivity contribution in [2.24, 2.45) is 0 Å². The maximum Gasteiger partial charge on any atom is 0.246 e. The number of benzene rings is 2. The predicted octanol–water partition coefficient (Wildman–Crippen LogP) is 3.04. The highest BCUT2D eigenvalue weighted by atomic mass is 16.2. The number of para-hydroxylation sites is 1. The monoisotopic (exact) mass is 283 g/mol. The van der Waals surface area contributed by atoms with E-state index in [1.165, 1.54) is 0 Å². The first-order valence-corrected chi connectivity index (χ1v) is 6.94. The van der Waals surface area contributed by atoms with E-state index in [0.29, 0.717) is 5.69 Å². The smallest absolute Gasteiger partial charge is 0.246 e. The third-order valence-corrected chi connectivity index (χ3v) is 3.63. The van der Waals surface area contributed by atoms with E-state index in [1.54, 1.807) is 6.07 Å². The molecule has 0 aliphatic carbocycles. The molecule has 0 bridgehead atoms. The molecule has 3 N–H and O–H groups in total. The van der Waals surface area contributed by atoms with E-state index in [2.05, 4.69) is 5.32 Å². The van der Waals surface area contributed by atoms with Crippen molar-refractivity contribution in [3.05, 3.63) is 54.1 Å². The Bertz CT molecular complexity index is 625. The molecule has 0 spiro atoms. The Morgan fingerprint density at radius 2 is 1.86 bits per heavy atom. The minimum absolute atomic E-state index is 0.0470. The van der Waals surface area contributed by atoms with Gasteiger partial charge in [-0.15, -0.1) is 0 Å². The highest BCUT2D eigenvalue weighted by Crippen LogP contribution is 2.19. The minimum Gasteiger partial charge on any atom is -0.399 e. The summed E-state index contributed by atoms with van der Waals surface area (Å²) in [7, 11) is 1.91. The van der Waals surface area contributed by atoms with Gasteiger partial charge < -0.3 is 16.0 Å². The number of nitrogens with two attached hydrogens (primary N) is 1. The Morgan fingerprint density at radius 1 is 1.19 bits per heavy atom. The largest absolute Gasteiger partial charge is 0.399 e. The molecule has 0 fully saturated rings. The van der Waals surface area contributed by atoms with Crippen molar-refractivity contribution >= 4 is 23.0 Å². The Kier molecular flexibility index (Phi) is 4.48. The average Bonchev–Trinajstić information content (AvgIpc) is 2.49. The Balaban J connectivity index is 2.09. The molecule has 0 saturated carbocycles. The molecule has 0 radical (unpaired) electrons. The quantitative estimate of drug-likeness (QED) is 0.848. The third kappa shape index (κ3) is 3.54. The average molecular weight is 283 g/mol. The van der Waals surface area contributed by atoms with Gasteiger partial charge in [0.2, 0.25) is 5.91 Å². The van der Waals surface area contributed by atoms with Gasteiger partial charge in [0, 0.05) is 24.1 Å². The van der Waals surface area contributed by atoms with E-state index in [9.17, 15) is 4.79 Å². The van der Waals surface area contributed by atoms with Gasteiger partial charge in [0.15, 0.2) is 0 Å². The van der Waals surface area contributed by atoms with Gasteiger partial charge in [-0.05, 0) is 49.7 Å². The molecule has 1 atom stereocenters. The van der Waals surface area contributed by atoms with Gasteiger partial charge in [0.1, 0.15) is 6.04 Å². The molecule has 4 nitrogen and oxygen atoms in total. The van der Waals surface area contributed by atoms with Crippen LogP contribution in [0.4, 0.5) is 17.1 Å². The molecule has 2 aromatic rings. The number of aryl methyl sites for hydroxylation is 1. The lowest BCUT2D eigenvalue weighted by molar-refractivity contribution is -0.117. The van der Waals surface area contributed by atoms with Gasteiger partial charge in [-0.3, -0.25) is 4.79 Å². The van der Waals surface area contributed by atoms with Crippen LogP contribution in [0.1, 0.15) is 12.5 Å². The zero-order valence-electron chi connectivity index (χ0n) is 12.6. The van der Waals surface area contributed by atoms with Crippen LogP contribution < -0.4 is 16.0 Å². The summed E-state index contributed by atoms with van der Waals surface area (Å²) in [4.78, 5) is 14.3. The third-order valence-electron chi connectivity index (χ3n) is 3.63. The first-order chi connectivity index (χ1) is 9.99. The number of anilines is 3. The highest BCUT2D eigenvalue weighted by Gasteiger charge is 2.18. The van der Waals surface area contributed by atoms with Crippen LogP contribution in [0.25, 0.3) is 0 Å². The summed E-state index contributed by atoms with van der Waals surface area (Å²) in [6.07, 6.45) is 0. The van der Waals surface area contributed by atoms with Crippen molar-refractivity contribution < 1.29 is 4.79 Å². The van der Waals surface area contributed by atoms with Crippen LogP contribution in [0.15, 0.2) is 48.5 Å². The second-order valence-electron chi connectivity index (χ2n) is 5.19. The first kappa shape index (κ1) is 14.9. The van der Waals surface area contributed by atoms with Gasteiger partial charge in [0.05, 0.1) is 0 Å². The van der Waals surface area contributed by atoms with Crippen LogP contribution in [-0.2, 0) is 4.79 Å². The van der Waals surface area contributed by atoms with E-state index < -0.39 is 0 Å². The molecular weight excluding hydrogens is 262 g/mol. The van der Waals surface area contributed by atoms with Gasteiger partial charge in [-0.1, -0.05) is 18.2 Å². The van der Waals surface area contributed by atoms with Gasteiger partial charge in [0.25, 0.3) is 0 Å². The summed E-state index contributed by atoms with van der Waals surface area (Å²) in [6.45, 7) is 3.81. The summed E-state index contributed by atoms with van der Waals surface area (Å²) in [5.74, 6) is -0.0470. The number of likely N-dealkylation sites (N-methyl/N-ethyl adjacent to an activating group) is 1. The normalized spacial score (nSPS) is 11.8. The molecule has 0 saturated heterocycles. The fraction of sp³-hybridized carbons (Fsp3) is 0.235. The molecule has 0 aliphatic heterocycles. The maximum atomic E-state index is 12.4. The number of carbonyl (C=O) groups excluding carboxylic acids is 1. The summed E-state index contributed by atoms with van der Waals surface area (Å²) >= 11 is 0. The zero-order valence-corrected chi connectivity index (χ0v) is 12.6. The fourth-order valence-corrected chi connectivity index (χ4v) is 2.13. The zero-order chi connectivity index (χ0) is 15.4. The second-order valence-corrected chi connectivity index (χ2v) is 5.19. The number of hydrogen-bond acceptors (Lipinski definition) is 3. The number of nitrogens with one attached hydrogen (secondary N) is 1. The van der Waals surface area contributed by atoms with Crippen molar-refractivity contribution in [1.82, 2.24) is 0 Å². The van der Waals surface area contributed by atoms with Crippen molar-refractivity contribution in [2.45, 2.75) is 19.9 Å². The molecule has 0 heterocycles. The Morgan fingerprint density at radius 3 is 2.48 bits per heavy atom. The van der Waals surface area contributed by atoms with E-state index >= 15 is 0 Å². The number of rotatable bonds is 4. The van der Waals surface area contributed by atoms with Crippen molar-refractivity contribution in [3.8, 4) is 0 Å². The number of hydrogen-bond donors (Lipinski definition) is 2. The lowest BCUT2D eigenvalue weighted by atomic mass is 10.1. The van der Waals surface area contributed by atoms with Crippen LogP contribution in [0.2, 0.25) is 0 Å². The van der Waals surface area contributed by atoms with E-state index in [1.807, 2.05) is 68.3 Å². The standard InChI is InChI=1S/C17H21N3O/c1-12-11-14(18)9-10-16(12)19-17(21)13(2)20(3)15-7-5-4-6-8-15/h4-11,13H,18H2,1-3H3,(H,19,21). The van der Waals surface area contributed by atoms with Crippen LogP contribution in [0.5, 0.6) is 0 Å². The van der Waals surface area contributed by atoms with Crippen LogP contribution in [0.3, 0.4) is 0 Å². The van der Waals surface area contributed by atoms with Crippen LogP contribution >= 0.6 is 0 Å². The highest BCUT2D eigenvalue weighted by molar-refractivity contribution is 5.97. The lowest BCUT2D eigenvalue weighted by Gasteiger charge is -2.26. The fourth-order valence-electron chi connectivity index (χ4n) is 2.13. The number of amides is 1. The molecule has 0 aliphatic rings. The number of carbonyl (C=O) groups is 1. The molecule has 2 aromatic carbocycles. The molecule has 21 heavy (non-hydrogen) atoms. The Labute approximate surface area is 125 Å². The number of nitrogen functional groups attached to an aromatic ring is 1. The molecule has 110 valence electrons. The van der Waals surface area contributed by atoms with Gasteiger partial charge in [-0.2, -0.15) is 0 Å². The SMILES string of the molecule is Cc1cc(N)ccc1NC(=O)C(C)N(C)c1ccccc1. The topological polar surface area (TPSA) is 58.4 Å². The van der Waals surface area contributed by atoms with Crippen LogP contribution in [-0.4, -0.2) is 19.0 Å². The molecule has 1 unspecified atom stereocenters. The van der Waals surface area contributed by atoms with Crippen molar-refractivity contribution in [3.63, 3.8) is 0 Å². The van der Waals surface area contributed by atoms with Crippen molar-refractivity contribution in [2.75, 3.05) is 23.0 Å². The van der Waals surface area contributed by atoms with E-state index in [0.717, 1.165) is 16.9 Å². The van der Waals surface area contributed by atoms with Gasteiger partial charge >= 0.3 is 0 Å². The number of nitrogens with zero attached hydrogens (tertiary/aromatic N) is 1. The summed E-state index contributed by atoms with van der Waals surface area (Å²) < 4.78 is 0. The first-order valence-electron chi connectivity index (χ1n) is 6.94. The Hall–Kier alpha value is -2.49. The molecule has 2 rings (SSSR count). The van der Waals surface area contributed by atoms with E-state index in [-0.39, 0.29) is 11.9 Å². The summed E-state index contributed by atoms with van der Waals surface area (Å²) in [5, 5.41) is 2.95.